The zero-order valence-corrected chi connectivity index (χ0v) is 7.86. The summed E-state index contributed by atoms with van der Waals surface area (Å²) in [4.78, 5) is 12.6. The Morgan fingerprint density at radius 2 is 2.38 bits per heavy atom. The van der Waals surface area contributed by atoms with Crippen LogP contribution in [0.4, 0.5) is 0 Å². The lowest BCUT2D eigenvalue weighted by atomic mass is 9.95. The molecule has 2 aliphatic heterocycles. The lowest BCUT2D eigenvalue weighted by Crippen LogP contribution is -2.36. The predicted octanol–water partition coefficient (Wildman–Crippen LogP) is -0.389. The average Bonchev–Trinajstić information content (AvgIpc) is 2.56. The van der Waals surface area contributed by atoms with Crippen molar-refractivity contribution in [1.82, 2.24) is 10.2 Å². The van der Waals surface area contributed by atoms with E-state index in [2.05, 4.69) is 17.1 Å². The molecule has 4 nitrogen and oxygen atoms in total. The Morgan fingerprint density at radius 3 is 3.00 bits per heavy atom. The van der Waals surface area contributed by atoms with Crippen molar-refractivity contribution in [2.24, 2.45) is 11.8 Å². The third-order valence-electron chi connectivity index (χ3n) is 3.40. The van der Waals surface area contributed by atoms with Crippen molar-refractivity contribution < 1.29 is 9.90 Å². The second-order valence-corrected chi connectivity index (χ2v) is 4.15. The molecular formula is C9H16N2O2. The molecule has 13 heavy (non-hydrogen) atoms. The summed E-state index contributed by atoms with van der Waals surface area (Å²) in [6.07, 6.45) is 0. The minimum Gasteiger partial charge on any atom is -0.480 e. The first kappa shape index (κ1) is 8.97. The molecule has 4 heteroatoms. The van der Waals surface area contributed by atoms with Gasteiger partial charge in [-0.05, 0) is 31.8 Å². The summed E-state index contributed by atoms with van der Waals surface area (Å²) in [7, 11) is 0. The van der Waals surface area contributed by atoms with Gasteiger partial charge in [0.2, 0.25) is 0 Å². The highest BCUT2D eigenvalue weighted by Gasteiger charge is 2.41. The van der Waals surface area contributed by atoms with Crippen molar-refractivity contribution in [2.75, 3.05) is 26.2 Å². The van der Waals surface area contributed by atoms with Crippen LogP contribution in [0, 0.1) is 11.8 Å². The number of likely N-dealkylation sites (tertiary alicyclic amines) is 1. The molecule has 0 bridgehead atoms. The van der Waals surface area contributed by atoms with E-state index in [4.69, 9.17) is 5.11 Å². The van der Waals surface area contributed by atoms with Crippen LogP contribution in [0.15, 0.2) is 0 Å². The average molecular weight is 184 g/mol. The summed E-state index contributed by atoms with van der Waals surface area (Å²) in [6.45, 7) is 5.41. The van der Waals surface area contributed by atoms with Crippen LogP contribution >= 0.6 is 0 Å². The second-order valence-electron chi connectivity index (χ2n) is 4.15. The number of aliphatic carboxylic acids is 1. The highest BCUT2D eigenvalue weighted by atomic mass is 16.4. The Hall–Kier alpha value is -0.610. The molecule has 3 unspecified atom stereocenters. The Morgan fingerprint density at radius 1 is 1.62 bits per heavy atom. The molecule has 0 amide bonds. The van der Waals surface area contributed by atoms with Crippen molar-refractivity contribution in [3.05, 3.63) is 0 Å². The molecule has 0 aromatic heterocycles. The smallest absolute Gasteiger partial charge is 0.317 e. The summed E-state index contributed by atoms with van der Waals surface area (Å²) in [5, 5.41) is 12.1. The van der Waals surface area contributed by atoms with E-state index in [-0.39, 0.29) is 6.54 Å². The normalized spacial score (nSPS) is 39.3. The van der Waals surface area contributed by atoms with Crippen molar-refractivity contribution >= 4 is 5.97 Å². The summed E-state index contributed by atoms with van der Waals surface area (Å²) in [6, 6.07) is 0.427. The fraction of sp³-hybridized carbons (Fsp3) is 0.889. The SMILES string of the molecule is CC1C2CNCC2CN1CC(=O)O. The molecule has 0 aromatic carbocycles. The van der Waals surface area contributed by atoms with E-state index < -0.39 is 5.97 Å². The number of carboxylic acids is 1. The molecule has 2 fully saturated rings. The fourth-order valence-corrected chi connectivity index (χ4v) is 2.64. The van der Waals surface area contributed by atoms with Gasteiger partial charge in [-0.1, -0.05) is 0 Å². The van der Waals surface area contributed by atoms with E-state index in [1.807, 2.05) is 0 Å². The molecular weight excluding hydrogens is 168 g/mol. The number of rotatable bonds is 2. The van der Waals surface area contributed by atoms with E-state index in [0.29, 0.717) is 17.9 Å². The van der Waals surface area contributed by atoms with E-state index in [9.17, 15) is 4.79 Å². The van der Waals surface area contributed by atoms with Gasteiger partial charge in [-0.2, -0.15) is 0 Å². The monoisotopic (exact) mass is 184 g/mol. The van der Waals surface area contributed by atoms with Gasteiger partial charge in [0.25, 0.3) is 0 Å². The quantitative estimate of drug-likeness (QED) is 0.614. The molecule has 74 valence electrons. The van der Waals surface area contributed by atoms with Gasteiger partial charge in [0.05, 0.1) is 6.54 Å². The minimum absolute atomic E-state index is 0.203. The molecule has 2 N–H and O–H groups in total. The van der Waals surface area contributed by atoms with Gasteiger partial charge >= 0.3 is 5.97 Å². The molecule has 0 radical (unpaired) electrons. The van der Waals surface area contributed by atoms with Gasteiger partial charge in [0.1, 0.15) is 0 Å². The molecule has 2 heterocycles. The lowest BCUT2D eigenvalue weighted by Gasteiger charge is -2.21. The molecule has 0 aliphatic carbocycles. The number of nitrogens with one attached hydrogen (secondary N) is 1. The highest BCUT2D eigenvalue weighted by molar-refractivity contribution is 5.69. The highest BCUT2D eigenvalue weighted by Crippen LogP contribution is 2.31. The number of carbonyl (C=O) groups is 1. The largest absolute Gasteiger partial charge is 0.480 e. The Kier molecular flexibility index (Phi) is 2.26. The van der Waals surface area contributed by atoms with E-state index in [1.165, 1.54) is 0 Å². The molecule has 3 atom stereocenters. The fourth-order valence-electron chi connectivity index (χ4n) is 2.64. The zero-order chi connectivity index (χ0) is 9.42. The van der Waals surface area contributed by atoms with E-state index in [1.54, 1.807) is 0 Å². The number of hydrogen-bond donors (Lipinski definition) is 2. The van der Waals surface area contributed by atoms with Crippen LogP contribution < -0.4 is 5.32 Å². The van der Waals surface area contributed by atoms with Crippen LogP contribution in [0.3, 0.4) is 0 Å². The van der Waals surface area contributed by atoms with Crippen LogP contribution in [0.5, 0.6) is 0 Å². The van der Waals surface area contributed by atoms with Crippen LogP contribution in [0.1, 0.15) is 6.92 Å². The maximum Gasteiger partial charge on any atom is 0.317 e. The first-order valence-corrected chi connectivity index (χ1v) is 4.85. The van der Waals surface area contributed by atoms with Crippen molar-refractivity contribution in [3.63, 3.8) is 0 Å². The summed E-state index contributed by atoms with van der Waals surface area (Å²) >= 11 is 0. The number of nitrogens with zero attached hydrogens (tertiary/aromatic N) is 1. The van der Waals surface area contributed by atoms with E-state index >= 15 is 0 Å². The Balaban J connectivity index is 1.98. The van der Waals surface area contributed by atoms with Crippen LogP contribution in [0.2, 0.25) is 0 Å². The molecule has 2 aliphatic rings. The van der Waals surface area contributed by atoms with Crippen LogP contribution in [-0.4, -0.2) is 48.2 Å². The van der Waals surface area contributed by atoms with Crippen molar-refractivity contribution in [3.8, 4) is 0 Å². The lowest BCUT2D eigenvalue weighted by molar-refractivity contribution is -0.138. The van der Waals surface area contributed by atoms with Crippen molar-refractivity contribution in [2.45, 2.75) is 13.0 Å². The standard InChI is InChI=1S/C9H16N2O2/c1-6-8-3-10-2-7(8)4-11(6)5-9(12)13/h6-8,10H,2-5H2,1H3,(H,12,13). The van der Waals surface area contributed by atoms with Gasteiger partial charge in [-0.15, -0.1) is 0 Å². The molecule has 0 spiro atoms. The molecule has 0 saturated carbocycles. The van der Waals surface area contributed by atoms with Gasteiger partial charge in [0, 0.05) is 12.6 Å². The Labute approximate surface area is 77.9 Å². The topological polar surface area (TPSA) is 52.6 Å². The minimum atomic E-state index is -0.709. The number of fused-ring (bicyclic) bond motifs is 1. The number of carboxylic acid groups (broad SMARTS) is 1. The van der Waals surface area contributed by atoms with Gasteiger partial charge in [0.15, 0.2) is 0 Å². The molecule has 0 aromatic rings. The summed E-state index contributed by atoms with van der Waals surface area (Å²) in [5.74, 6) is 0.633. The van der Waals surface area contributed by atoms with Crippen molar-refractivity contribution in [1.29, 1.82) is 0 Å². The molecule has 2 rings (SSSR count). The maximum atomic E-state index is 10.6. The van der Waals surface area contributed by atoms with Gasteiger partial charge < -0.3 is 10.4 Å². The predicted molar refractivity (Wildman–Crippen MR) is 48.5 cm³/mol. The van der Waals surface area contributed by atoms with E-state index in [0.717, 1.165) is 19.6 Å². The van der Waals surface area contributed by atoms with Crippen LogP contribution in [-0.2, 0) is 4.79 Å². The van der Waals surface area contributed by atoms with Gasteiger partial charge in [-0.3, -0.25) is 9.69 Å². The first-order chi connectivity index (χ1) is 6.18. The summed E-state index contributed by atoms with van der Waals surface area (Å²) < 4.78 is 0. The maximum absolute atomic E-state index is 10.6. The third-order valence-corrected chi connectivity index (χ3v) is 3.40. The summed E-state index contributed by atoms with van der Waals surface area (Å²) in [5.41, 5.74) is 0. The van der Waals surface area contributed by atoms with Crippen LogP contribution in [0.25, 0.3) is 0 Å². The Bertz CT molecular complexity index is 220. The third kappa shape index (κ3) is 1.56. The first-order valence-electron chi connectivity index (χ1n) is 4.85. The zero-order valence-electron chi connectivity index (χ0n) is 7.86. The van der Waals surface area contributed by atoms with Gasteiger partial charge in [-0.25, -0.2) is 0 Å². The number of hydrogen-bond acceptors (Lipinski definition) is 3. The molecule has 2 saturated heterocycles. The second kappa shape index (κ2) is 3.27.